The van der Waals surface area contributed by atoms with E-state index in [1.165, 1.54) is 29.3 Å². The Hall–Kier alpha value is -1.09. The van der Waals surface area contributed by atoms with Crippen molar-refractivity contribution in [2.75, 3.05) is 18.0 Å². The topological polar surface area (TPSA) is 16.1 Å². The van der Waals surface area contributed by atoms with Gasteiger partial charge in [0.25, 0.3) is 0 Å². The van der Waals surface area contributed by atoms with Gasteiger partial charge in [0.15, 0.2) is 5.13 Å². The van der Waals surface area contributed by atoms with Gasteiger partial charge in [-0.2, -0.15) is 0 Å². The molecule has 2 nitrogen and oxygen atoms in total. The molecule has 0 aliphatic carbocycles. The number of aromatic nitrogens is 1. The summed E-state index contributed by atoms with van der Waals surface area (Å²) in [5.74, 6) is 0.817. The molecular formula is C12H14N2S. The van der Waals surface area contributed by atoms with Gasteiger partial charge in [0.1, 0.15) is 0 Å². The van der Waals surface area contributed by atoms with Gasteiger partial charge in [-0.25, -0.2) is 4.98 Å². The zero-order valence-corrected chi connectivity index (χ0v) is 9.63. The summed E-state index contributed by atoms with van der Waals surface area (Å²) < 4.78 is 1.30. The standard InChI is InChI=1S/C12H14N2S/c1-9-6-7-14(8-9)12-13-10-4-2-3-5-11(10)15-12/h2-5,9H,6-8H2,1H3/t9-/m1/s1. The zero-order chi connectivity index (χ0) is 10.3. The first kappa shape index (κ1) is 9.16. The maximum Gasteiger partial charge on any atom is 0.186 e. The molecule has 1 aromatic carbocycles. The van der Waals surface area contributed by atoms with Crippen molar-refractivity contribution in [2.45, 2.75) is 13.3 Å². The van der Waals surface area contributed by atoms with E-state index in [1.54, 1.807) is 0 Å². The van der Waals surface area contributed by atoms with Gasteiger partial charge in [0, 0.05) is 13.1 Å². The third kappa shape index (κ3) is 1.61. The van der Waals surface area contributed by atoms with Crippen LogP contribution in [-0.4, -0.2) is 18.1 Å². The Bertz CT molecular complexity index is 444. The average Bonchev–Trinajstić information content (AvgIpc) is 2.82. The van der Waals surface area contributed by atoms with Crippen LogP contribution in [0.5, 0.6) is 0 Å². The predicted molar refractivity (Wildman–Crippen MR) is 65.6 cm³/mol. The maximum atomic E-state index is 4.67. The van der Waals surface area contributed by atoms with E-state index in [1.807, 2.05) is 11.3 Å². The number of nitrogens with zero attached hydrogens (tertiary/aromatic N) is 2. The van der Waals surface area contributed by atoms with Crippen molar-refractivity contribution in [1.29, 1.82) is 0 Å². The zero-order valence-electron chi connectivity index (χ0n) is 8.81. The van der Waals surface area contributed by atoms with Crippen molar-refractivity contribution < 1.29 is 0 Å². The summed E-state index contributed by atoms with van der Waals surface area (Å²) in [6.07, 6.45) is 1.30. The molecule has 2 heterocycles. The third-order valence-corrected chi connectivity index (χ3v) is 4.07. The van der Waals surface area contributed by atoms with Crippen LogP contribution in [0.15, 0.2) is 24.3 Å². The number of thiazole rings is 1. The molecule has 0 N–H and O–H groups in total. The largest absolute Gasteiger partial charge is 0.348 e. The lowest BCUT2D eigenvalue weighted by atomic mass is 10.2. The smallest absolute Gasteiger partial charge is 0.186 e. The lowest BCUT2D eigenvalue weighted by Gasteiger charge is -2.12. The molecular weight excluding hydrogens is 204 g/mol. The lowest BCUT2D eigenvalue weighted by molar-refractivity contribution is 0.659. The van der Waals surface area contributed by atoms with E-state index in [0.717, 1.165) is 11.4 Å². The molecule has 0 bridgehead atoms. The van der Waals surface area contributed by atoms with Crippen molar-refractivity contribution in [3.63, 3.8) is 0 Å². The number of anilines is 1. The van der Waals surface area contributed by atoms with Crippen molar-refractivity contribution >= 4 is 26.7 Å². The summed E-state index contributed by atoms with van der Waals surface area (Å²) in [7, 11) is 0. The van der Waals surface area contributed by atoms with Crippen molar-refractivity contribution in [3.8, 4) is 0 Å². The molecule has 15 heavy (non-hydrogen) atoms. The Morgan fingerprint density at radius 2 is 2.27 bits per heavy atom. The van der Waals surface area contributed by atoms with E-state index >= 15 is 0 Å². The maximum absolute atomic E-state index is 4.67. The molecule has 0 unspecified atom stereocenters. The van der Waals surface area contributed by atoms with Gasteiger partial charge in [-0.15, -0.1) is 0 Å². The van der Waals surface area contributed by atoms with Crippen LogP contribution in [0.1, 0.15) is 13.3 Å². The van der Waals surface area contributed by atoms with Gasteiger partial charge in [-0.1, -0.05) is 30.4 Å². The Kier molecular flexibility index (Phi) is 2.13. The van der Waals surface area contributed by atoms with Crippen LogP contribution in [0, 0.1) is 5.92 Å². The van der Waals surface area contributed by atoms with E-state index in [9.17, 15) is 0 Å². The summed E-state index contributed by atoms with van der Waals surface area (Å²) in [4.78, 5) is 7.09. The summed E-state index contributed by atoms with van der Waals surface area (Å²) in [5, 5.41) is 1.19. The molecule has 3 rings (SSSR count). The average molecular weight is 218 g/mol. The van der Waals surface area contributed by atoms with E-state index in [0.29, 0.717) is 0 Å². The quantitative estimate of drug-likeness (QED) is 0.731. The monoisotopic (exact) mass is 218 g/mol. The van der Waals surface area contributed by atoms with E-state index < -0.39 is 0 Å². The lowest BCUT2D eigenvalue weighted by Crippen LogP contribution is -2.18. The minimum Gasteiger partial charge on any atom is -0.348 e. The minimum absolute atomic E-state index is 0.817. The molecule has 0 saturated carbocycles. The fourth-order valence-corrected chi connectivity index (χ4v) is 3.10. The summed E-state index contributed by atoms with van der Waals surface area (Å²) in [5.41, 5.74) is 1.14. The van der Waals surface area contributed by atoms with Crippen LogP contribution in [0.4, 0.5) is 5.13 Å². The number of para-hydroxylation sites is 1. The molecule has 1 saturated heterocycles. The highest BCUT2D eigenvalue weighted by atomic mass is 32.1. The molecule has 1 aliphatic rings. The van der Waals surface area contributed by atoms with Crippen molar-refractivity contribution in [3.05, 3.63) is 24.3 Å². The van der Waals surface area contributed by atoms with Crippen molar-refractivity contribution in [1.82, 2.24) is 4.98 Å². The summed E-state index contributed by atoms with van der Waals surface area (Å²) in [6.45, 7) is 4.65. The SMILES string of the molecule is C[C@@H]1CCN(c2nc3ccccc3s2)C1. The van der Waals surface area contributed by atoms with Crippen LogP contribution in [0.3, 0.4) is 0 Å². The highest BCUT2D eigenvalue weighted by Gasteiger charge is 2.21. The molecule has 1 fully saturated rings. The Labute approximate surface area is 93.6 Å². The molecule has 2 aromatic rings. The number of hydrogen-bond acceptors (Lipinski definition) is 3. The van der Waals surface area contributed by atoms with Gasteiger partial charge >= 0.3 is 0 Å². The molecule has 0 spiro atoms. The van der Waals surface area contributed by atoms with Gasteiger partial charge in [0.2, 0.25) is 0 Å². The van der Waals surface area contributed by atoms with Crippen LogP contribution in [0.25, 0.3) is 10.2 Å². The molecule has 0 amide bonds. The fourth-order valence-electron chi connectivity index (χ4n) is 2.10. The molecule has 3 heteroatoms. The van der Waals surface area contributed by atoms with Gasteiger partial charge in [-0.05, 0) is 24.5 Å². The predicted octanol–water partition coefficient (Wildman–Crippen LogP) is 3.14. The first-order chi connectivity index (χ1) is 7.33. The van der Waals surface area contributed by atoms with E-state index in [2.05, 4.69) is 41.1 Å². The van der Waals surface area contributed by atoms with Gasteiger partial charge in [-0.3, -0.25) is 0 Å². The Balaban J connectivity index is 1.98. The van der Waals surface area contributed by atoms with Crippen LogP contribution >= 0.6 is 11.3 Å². The second kappa shape index (κ2) is 3.49. The van der Waals surface area contributed by atoms with Crippen LogP contribution in [-0.2, 0) is 0 Å². The molecule has 1 aliphatic heterocycles. The second-order valence-electron chi connectivity index (χ2n) is 4.30. The van der Waals surface area contributed by atoms with E-state index in [4.69, 9.17) is 0 Å². The molecule has 78 valence electrons. The number of rotatable bonds is 1. The normalized spacial score (nSPS) is 21.4. The first-order valence-electron chi connectivity index (χ1n) is 5.43. The summed E-state index contributed by atoms with van der Waals surface area (Å²) >= 11 is 1.81. The Morgan fingerprint density at radius 3 is 3.00 bits per heavy atom. The number of hydrogen-bond donors (Lipinski definition) is 0. The number of benzene rings is 1. The molecule has 1 aromatic heterocycles. The molecule has 0 radical (unpaired) electrons. The van der Waals surface area contributed by atoms with Gasteiger partial charge in [0.05, 0.1) is 10.2 Å². The van der Waals surface area contributed by atoms with Crippen LogP contribution < -0.4 is 4.90 Å². The van der Waals surface area contributed by atoms with Crippen LogP contribution in [0.2, 0.25) is 0 Å². The molecule has 1 atom stereocenters. The first-order valence-corrected chi connectivity index (χ1v) is 6.25. The minimum atomic E-state index is 0.817. The van der Waals surface area contributed by atoms with E-state index in [-0.39, 0.29) is 0 Å². The Morgan fingerprint density at radius 1 is 1.40 bits per heavy atom. The highest BCUT2D eigenvalue weighted by Crippen LogP contribution is 2.31. The highest BCUT2D eigenvalue weighted by molar-refractivity contribution is 7.22. The van der Waals surface area contributed by atoms with Gasteiger partial charge < -0.3 is 4.90 Å². The summed E-state index contributed by atoms with van der Waals surface area (Å²) in [6, 6.07) is 8.38. The fraction of sp³-hybridized carbons (Fsp3) is 0.417. The van der Waals surface area contributed by atoms with Crippen molar-refractivity contribution in [2.24, 2.45) is 5.92 Å². The number of fused-ring (bicyclic) bond motifs is 1. The third-order valence-electron chi connectivity index (χ3n) is 2.98. The second-order valence-corrected chi connectivity index (χ2v) is 5.31.